The van der Waals surface area contributed by atoms with Gasteiger partial charge < -0.3 is 0 Å². The highest BCUT2D eigenvalue weighted by atomic mass is 32.1. The van der Waals surface area contributed by atoms with Crippen molar-refractivity contribution in [1.82, 2.24) is 9.97 Å². The van der Waals surface area contributed by atoms with Gasteiger partial charge in [-0.3, -0.25) is 0 Å². The van der Waals surface area contributed by atoms with Gasteiger partial charge in [-0.25, -0.2) is 9.97 Å². The molecule has 2 aromatic carbocycles. The van der Waals surface area contributed by atoms with Crippen molar-refractivity contribution >= 4 is 33.4 Å². The van der Waals surface area contributed by atoms with Crippen molar-refractivity contribution in [2.24, 2.45) is 0 Å². The van der Waals surface area contributed by atoms with E-state index in [4.69, 9.17) is 0 Å². The molecule has 0 bridgehead atoms. The van der Waals surface area contributed by atoms with Crippen LogP contribution < -0.4 is 0 Å². The van der Waals surface area contributed by atoms with E-state index in [1.807, 2.05) is 11.0 Å². The lowest BCUT2D eigenvalue weighted by Gasteiger charge is -2.08. The number of aromatic nitrogens is 2. The molecule has 0 atom stereocenters. The van der Waals surface area contributed by atoms with Gasteiger partial charge in [0, 0.05) is 21.9 Å². The topological polar surface area (TPSA) is 25.8 Å². The quantitative estimate of drug-likeness (QED) is 0.515. The van der Waals surface area contributed by atoms with Crippen LogP contribution in [0.4, 0.5) is 0 Å². The van der Waals surface area contributed by atoms with Crippen LogP contribution >= 0.6 is 22.7 Å². The normalized spacial score (nSPS) is 11.0. The summed E-state index contributed by atoms with van der Waals surface area (Å²) >= 11 is 3.25. The molecule has 0 aliphatic heterocycles. The van der Waals surface area contributed by atoms with Gasteiger partial charge in [-0.05, 0) is 10.8 Å². The van der Waals surface area contributed by atoms with Crippen LogP contribution in [0.5, 0.6) is 0 Å². The van der Waals surface area contributed by atoms with E-state index in [2.05, 4.69) is 57.1 Å². The summed E-state index contributed by atoms with van der Waals surface area (Å²) < 4.78 is 0. The minimum Gasteiger partial charge on any atom is -0.245 e. The fraction of sp³-hybridized carbons (Fsp3) is 0. The standard InChI is InChI=1S/C16H10N2S2/c1-3-11-12(13(5-1)15-7-19-9-17-15)4-2-6-14(11)16-8-20-10-18-16/h1-10H. The molecule has 2 nitrogen and oxygen atoms in total. The molecule has 0 saturated heterocycles. The zero-order valence-electron chi connectivity index (χ0n) is 10.5. The molecule has 0 aliphatic carbocycles. The van der Waals surface area contributed by atoms with Gasteiger partial charge >= 0.3 is 0 Å². The largest absolute Gasteiger partial charge is 0.245 e. The highest BCUT2D eigenvalue weighted by Gasteiger charge is 2.09. The van der Waals surface area contributed by atoms with Crippen LogP contribution in [0.15, 0.2) is 58.2 Å². The molecule has 0 spiro atoms. The van der Waals surface area contributed by atoms with Crippen molar-refractivity contribution in [3.8, 4) is 22.5 Å². The number of thiazole rings is 2. The van der Waals surface area contributed by atoms with Crippen molar-refractivity contribution in [3.63, 3.8) is 0 Å². The summed E-state index contributed by atoms with van der Waals surface area (Å²) in [6.45, 7) is 0. The SMILES string of the molecule is c1cc(-c2cscn2)c2cccc(-c3cscn3)c2c1. The highest BCUT2D eigenvalue weighted by molar-refractivity contribution is 7.08. The third-order valence-corrected chi connectivity index (χ3v) is 4.51. The van der Waals surface area contributed by atoms with Crippen LogP contribution in [-0.2, 0) is 0 Å². The maximum absolute atomic E-state index is 4.43. The van der Waals surface area contributed by atoms with Crippen molar-refractivity contribution in [2.45, 2.75) is 0 Å². The van der Waals surface area contributed by atoms with Gasteiger partial charge in [0.15, 0.2) is 0 Å². The zero-order valence-corrected chi connectivity index (χ0v) is 12.1. The molecule has 20 heavy (non-hydrogen) atoms. The molecule has 4 heteroatoms. The average Bonchev–Trinajstić information content (AvgIpc) is 3.19. The fourth-order valence-corrected chi connectivity index (χ4v) is 3.55. The molecule has 4 aromatic rings. The number of rotatable bonds is 2. The minimum atomic E-state index is 1.04. The summed E-state index contributed by atoms with van der Waals surface area (Å²) in [4.78, 5) is 8.87. The molecule has 0 N–H and O–H groups in total. The van der Waals surface area contributed by atoms with Crippen LogP contribution in [0.25, 0.3) is 33.3 Å². The molecule has 0 amide bonds. The predicted octanol–water partition coefficient (Wildman–Crippen LogP) is 5.09. The molecule has 0 fully saturated rings. The Labute approximate surface area is 124 Å². The number of hydrogen-bond acceptors (Lipinski definition) is 4. The lowest BCUT2D eigenvalue weighted by Crippen LogP contribution is -1.85. The lowest BCUT2D eigenvalue weighted by atomic mass is 9.97. The molecule has 0 unspecified atom stereocenters. The van der Waals surface area contributed by atoms with E-state index in [1.54, 1.807) is 22.7 Å². The van der Waals surface area contributed by atoms with E-state index in [0.29, 0.717) is 0 Å². The molecule has 0 radical (unpaired) electrons. The van der Waals surface area contributed by atoms with Crippen LogP contribution in [0.1, 0.15) is 0 Å². The minimum absolute atomic E-state index is 1.04. The first-order valence-electron chi connectivity index (χ1n) is 6.22. The second-order valence-corrected chi connectivity index (χ2v) is 5.89. The van der Waals surface area contributed by atoms with Gasteiger partial charge in [-0.2, -0.15) is 0 Å². The van der Waals surface area contributed by atoms with Crippen LogP contribution in [-0.4, -0.2) is 9.97 Å². The highest BCUT2D eigenvalue weighted by Crippen LogP contribution is 2.34. The van der Waals surface area contributed by atoms with Crippen molar-refractivity contribution in [3.05, 3.63) is 58.2 Å². The van der Waals surface area contributed by atoms with E-state index >= 15 is 0 Å². The molecule has 4 rings (SSSR count). The van der Waals surface area contributed by atoms with Crippen molar-refractivity contribution in [1.29, 1.82) is 0 Å². The Balaban J connectivity index is 2.04. The first kappa shape index (κ1) is 11.8. The summed E-state index contributed by atoms with van der Waals surface area (Å²) in [7, 11) is 0. The summed E-state index contributed by atoms with van der Waals surface area (Å²) in [5, 5.41) is 6.63. The zero-order chi connectivity index (χ0) is 13.4. The Morgan fingerprint density at radius 1 is 0.650 bits per heavy atom. The van der Waals surface area contributed by atoms with Gasteiger partial charge in [0.05, 0.1) is 22.4 Å². The number of hydrogen-bond donors (Lipinski definition) is 0. The first-order chi connectivity index (χ1) is 9.93. The fourth-order valence-electron chi connectivity index (χ4n) is 2.45. The Morgan fingerprint density at radius 3 is 1.55 bits per heavy atom. The van der Waals surface area contributed by atoms with E-state index < -0.39 is 0 Å². The van der Waals surface area contributed by atoms with Crippen LogP contribution in [0.2, 0.25) is 0 Å². The summed E-state index contributed by atoms with van der Waals surface area (Å²) in [6.07, 6.45) is 0. The Morgan fingerprint density at radius 2 is 1.15 bits per heavy atom. The third-order valence-electron chi connectivity index (χ3n) is 3.34. The smallest absolute Gasteiger partial charge is 0.0817 e. The maximum atomic E-state index is 4.43. The summed E-state index contributed by atoms with van der Waals surface area (Å²) in [5.41, 5.74) is 8.19. The molecular weight excluding hydrogens is 284 g/mol. The molecule has 0 aliphatic rings. The second-order valence-electron chi connectivity index (χ2n) is 4.45. The monoisotopic (exact) mass is 294 g/mol. The van der Waals surface area contributed by atoms with Crippen molar-refractivity contribution < 1.29 is 0 Å². The van der Waals surface area contributed by atoms with Gasteiger partial charge in [0.2, 0.25) is 0 Å². The average molecular weight is 294 g/mol. The van der Waals surface area contributed by atoms with Crippen molar-refractivity contribution in [2.75, 3.05) is 0 Å². The summed E-state index contributed by atoms with van der Waals surface area (Å²) in [5.74, 6) is 0. The van der Waals surface area contributed by atoms with Gasteiger partial charge in [0.25, 0.3) is 0 Å². The molecule has 96 valence electrons. The molecular formula is C16H10N2S2. The Hall–Kier alpha value is -2.04. The van der Waals surface area contributed by atoms with E-state index in [0.717, 1.165) is 11.4 Å². The predicted molar refractivity (Wildman–Crippen MR) is 86.2 cm³/mol. The molecule has 2 heterocycles. The number of benzene rings is 2. The molecule has 0 saturated carbocycles. The van der Waals surface area contributed by atoms with Gasteiger partial charge in [-0.1, -0.05) is 36.4 Å². The Kier molecular flexibility index (Phi) is 2.83. The van der Waals surface area contributed by atoms with E-state index in [9.17, 15) is 0 Å². The van der Waals surface area contributed by atoms with E-state index in [-0.39, 0.29) is 0 Å². The number of fused-ring (bicyclic) bond motifs is 1. The Bertz CT molecular complexity index is 776. The lowest BCUT2D eigenvalue weighted by molar-refractivity contribution is 1.41. The first-order valence-corrected chi connectivity index (χ1v) is 8.11. The van der Waals surface area contributed by atoms with E-state index in [1.165, 1.54) is 21.9 Å². The van der Waals surface area contributed by atoms with Crippen LogP contribution in [0.3, 0.4) is 0 Å². The van der Waals surface area contributed by atoms with Crippen LogP contribution in [0, 0.1) is 0 Å². The summed E-state index contributed by atoms with van der Waals surface area (Å²) in [6, 6.07) is 12.7. The maximum Gasteiger partial charge on any atom is 0.0817 e. The molecule has 2 aromatic heterocycles. The number of nitrogens with zero attached hydrogens (tertiary/aromatic N) is 2. The van der Waals surface area contributed by atoms with Gasteiger partial charge in [-0.15, -0.1) is 22.7 Å². The third kappa shape index (κ3) is 1.85. The van der Waals surface area contributed by atoms with Gasteiger partial charge in [0.1, 0.15) is 0 Å². The second kappa shape index (κ2) is 4.81.